The first-order valence-electron chi connectivity index (χ1n) is 9.57. The zero-order valence-electron chi connectivity index (χ0n) is 15.7. The molecular formula is C21H28N4O. The summed E-state index contributed by atoms with van der Waals surface area (Å²) in [4.78, 5) is 21.3. The van der Waals surface area contributed by atoms with Gasteiger partial charge in [0, 0.05) is 18.7 Å². The van der Waals surface area contributed by atoms with Crippen molar-refractivity contribution in [3.05, 3.63) is 53.0 Å². The van der Waals surface area contributed by atoms with Gasteiger partial charge in [-0.3, -0.25) is 4.79 Å². The number of amides is 1. The maximum Gasteiger partial charge on any atom is 0.270 e. The lowest BCUT2D eigenvalue weighted by Crippen LogP contribution is -2.25. The van der Waals surface area contributed by atoms with Gasteiger partial charge in [0.15, 0.2) is 0 Å². The summed E-state index contributed by atoms with van der Waals surface area (Å²) >= 11 is 0. The van der Waals surface area contributed by atoms with E-state index in [1.54, 1.807) is 6.07 Å². The molecule has 1 aromatic carbocycles. The quantitative estimate of drug-likeness (QED) is 0.793. The van der Waals surface area contributed by atoms with Crippen molar-refractivity contribution in [1.82, 2.24) is 15.3 Å². The molecule has 2 N–H and O–H groups in total. The zero-order valence-corrected chi connectivity index (χ0v) is 15.7. The molecule has 26 heavy (non-hydrogen) atoms. The van der Waals surface area contributed by atoms with Crippen LogP contribution in [0.3, 0.4) is 0 Å². The third-order valence-electron chi connectivity index (χ3n) is 4.98. The minimum Gasteiger partial charge on any atom is -0.367 e. The van der Waals surface area contributed by atoms with Crippen LogP contribution in [0.5, 0.6) is 0 Å². The first-order valence-corrected chi connectivity index (χ1v) is 9.57. The summed E-state index contributed by atoms with van der Waals surface area (Å²) in [5.41, 5.74) is 2.70. The maximum atomic E-state index is 12.6. The number of aryl methyl sites for hydroxylation is 2. The summed E-state index contributed by atoms with van der Waals surface area (Å²) in [6, 6.07) is 10.3. The molecule has 0 aliphatic heterocycles. The molecular weight excluding hydrogens is 324 g/mol. The Kier molecular flexibility index (Phi) is 6.21. The highest BCUT2D eigenvalue weighted by Crippen LogP contribution is 2.20. The molecule has 0 bridgehead atoms. The van der Waals surface area contributed by atoms with Crippen molar-refractivity contribution in [3.63, 3.8) is 0 Å². The van der Waals surface area contributed by atoms with Crippen LogP contribution in [-0.4, -0.2) is 21.9 Å². The molecule has 1 fully saturated rings. The van der Waals surface area contributed by atoms with Gasteiger partial charge in [-0.25, -0.2) is 9.97 Å². The fraction of sp³-hybridized carbons (Fsp3) is 0.476. The number of hydrogen-bond donors (Lipinski definition) is 2. The van der Waals surface area contributed by atoms with Gasteiger partial charge in [-0.1, -0.05) is 49.9 Å². The van der Waals surface area contributed by atoms with Gasteiger partial charge in [0.2, 0.25) is 0 Å². The monoisotopic (exact) mass is 352 g/mol. The van der Waals surface area contributed by atoms with E-state index in [9.17, 15) is 4.79 Å². The second-order valence-electron chi connectivity index (χ2n) is 7.13. The van der Waals surface area contributed by atoms with Crippen LogP contribution in [0.2, 0.25) is 0 Å². The van der Waals surface area contributed by atoms with Crippen LogP contribution >= 0.6 is 0 Å². The Morgan fingerprint density at radius 1 is 1.08 bits per heavy atom. The largest absolute Gasteiger partial charge is 0.367 e. The number of nitrogens with zero attached hydrogens (tertiary/aromatic N) is 2. The van der Waals surface area contributed by atoms with Crippen molar-refractivity contribution in [1.29, 1.82) is 0 Å². The van der Waals surface area contributed by atoms with E-state index >= 15 is 0 Å². The Morgan fingerprint density at radius 2 is 1.81 bits per heavy atom. The van der Waals surface area contributed by atoms with Gasteiger partial charge in [0.25, 0.3) is 5.91 Å². The van der Waals surface area contributed by atoms with E-state index < -0.39 is 0 Å². The predicted molar refractivity (Wildman–Crippen MR) is 104 cm³/mol. The summed E-state index contributed by atoms with van der Waals surface area (Å²) in [5.74, 6) is 1.21. The Hall–Kier alpha value is -2.43. The average molecular weight is 352 g/mol. The summed E-state index contributed by atoms with van der Waals surface area (Å²) in [7, 11) is 0. The molecule has 1 aliphatic rings. The number of aromatic nitrogens is 2. The molecule has 1 aromatic heterocycles. The van der Waals surface area contributed by atoms with Gasteiger partial charge in [-0.2, -0.15) is 0 Å². The lowest BCUT2D eigenvalue weighted by molar-refractivity contribution is 0.0945. The van der Waals surface area contributed by atoms with Crippen LogP contribution in [-0.2, 0) is 6.54 Å². The minimum atomic E-state index is -0.164. The van der Waals surface area contributed by atoms with Gasteiger partial charge in [0.05, 0.1) is 0 Å². The molecule has 1 amide bonds. The molecule has 0 saturated heterocycles. The number of nitrogens with one attached hydrogen (secondary N) is 2. The third kappa shape index (κ3) is 5.04. The van der Waals surface area contributed by atoms with Gasteiger partial charge in [0.1, 0.15) is 17.3 Å². The maximum absolute atomic E-state index is 12.6. The molecule has 0 unspecified atom stereocenters. The molecule has 1 heterocycles. The Bertz CT molecular complexity index is 751. The van der Waals surface area contributed by atoms with E-state index in [2.05, 4.69) is 20.6 Å². The normalized spacial score (nSPS) is 15.3. The number of carbonyl (C=O) groups excluding carboxylic acids is 1. The van der Waals surface area contributed by atoms with E-state index in [0.29, 0.717) is 24.1 Å². The van der Waals surface area contributed by atoms with Gasteiger partial charge < -0.3 is 10.6 Å². The first kappa shape index (κ1) is 18.4. The van der Waals surface area contributed by atoms with Crippen molar-refractivity contribution >= 4 is 11.7 Å². The lowest BCUT2D eigenvalue weighted by atomic mass is 10.1. The standard InChI is InChI=1S/C21H28N4O/c1-15-9-7-8-10-17(15)14-22-21(26)19-13-20(24-16(2)23-19)25-18-11-5-3-4-6-12-18/h7-10,13,18H,3-6,11-12,14H2,1-2H3,(H,22,26)(H,23,24,25). The molecule has 1 saturated carbocycles. The van der Waals surface area contributed by atoms with Crippen LogP contribution in [0.15, 0.2) is 30.3 Å². The van der Waals surface area contributed by atoms with E-state index in [1.165, 1.54) is 31.2 Å². The van der Waals surface area contributed by atoms with Crippen molar-refractivity contribution in [3.8, 4) is 0 Å². The highest BCUT2D eigenvalue weighted by molar-refractivity contribution is 5.92. The Labute approximate surface area is 155 Å². The van der Waals surface area contributed by atoms with Crippen LogP contribution < -0.4 is 10.6 Å². The van der Waals surface area contributed by atoms with E-state index in [4.69, 9.17) is 0 Å². The number of anilines is 1. The smallest absolute Gasteiger partial charge is 0.270 e. The van der Waals surface area contributed by atoms with Gasteiger partial charge in [-0.15, -0.1) is 0 Å². The fourth-order valence-electron chi connectivity index (χ4n) is 3.47. The highest BCUT2D eigenvalue weighted by atomic mass is 16.1. The van der Waals surface area contributed by atoms with Gasteiger partial charge in [-0.05, 0) is 37.8 Å². The summed E-state index contributed by atoms with van der Waals surface area (Å²) in [6.07, 6.45) is 7.47. The zero-order chi connectivity index (χ0) is 18.4. The second-order valence-corrected chi connectivity index (χ2v) is 7.13. The van der Waals surface area contributed by atoms with Crippen LogP contribution in [0.4, 0.5) is 5.82 Å². The Balaban J connectivity index is 1.66. The third-order valence-corrected chi connectivity index (χ3v) is 4.98. The summed E-state index contributed by atoms with van der Waals surface area (Å²) < 4.78 is 0. The second kappa shape index (κ2) is 8.79. The van der Waals surface area contributed by atoms with Gasteiger partial charge >= 0.3 is 0 Å². The fourth-order valence-corrected chi connectivity index (χ4v) is 3.47. The Morgan fingerprint density at radius 3 is 2.54 bits per heavy atom. The van der Waals surface area contributed by atoms with Crippen molar-refractivity contribution in [2.45, 2.75) is 65.0 Å². The van der Waals surface area contributed by atoms with Crippen molar-refractivity contribution in [2.75, 3.05) is 5.32 Å². The molecule has 3 rings (SSSR count). The molecule has 1 aliphatic carbocycles. The number of hydrogen-bond acceptors (Lipinski definition) is 4. The topological polar surface area (TPSA) is 66.9 Å². The highest BCUT2D eigenvalue weighted by Gasteiger charge is 2.15. The van der Waals surface area contributed by atoms with E-state index in [1.807, 2.05) is 38.1 Å². The molecule has 5 heteroatoms. The molecule has 0 atom stereocenters. The summed E-state index contributed by atoms with van der Waals surface area (Å²) in [6.45, 7) is 4.38. The van der Waals surface area contributed by atoms with Crippen molar-refractivity contribution < 1.29 is 4.79 Å². The SMILES string of the molecule is Cc1nc(NC2CCCCCC2)cc(C(=O)NCc2ccccc2C)n1. The van der Waals surface area contributed by atoms with E-state index in [0.717, 1.165) is 24.2 Å². The minimum absolute atomic E-state index is 0.164. The average Bonchev–Trinajstić information content (AvgIpc) is 2.89. The van der Waals surface area contributed by atoms with Crippen LogP contribution in [0.1, 0.15) is 66.0 Å². The number of carbonyl (C=O) groups is 1. The molecule has 0 spiro atoms. The predicted octanol–water partition coefficient (Wildman–Crippen LogP) is 4.16. The molecule has 5 nitrogen and oxygen atoms in total. The number of benzene rings is 1. The van der Waals surface area contributed by atoms with E-state index in [-0.39, 0.29) is 5.91 Å². The molecule has 138 valence electrons. The number of rotatable bonds is 5. The first-order chi connectivity index (χ1) is 12.6. The summed E-state index contributed by atoms with van der Waals surface area (Å²) in [5, 5.41) is 6.48. The molecule has 2 aromatic rings. The molecule has 0 radical (unpaired) electrons. The van der Waals surface area contributed by atoms with Crippen LogP contribution in [0, 0.1) is 13.8 Å². The van der Waals surface area contributed by atoms with Crippen LogP contribution in [0.25, 0.3) is 0 Å². The van der Waals surface area contributed by atoms with Crippen molar-refractivity contribution in [2.24, 2.45) is 0 Å². The lowest BCUT2D eigenvalue weighted by Gasteiger charge is -2.17.